The summed E-state index contributed by atoms with van der Waals surface area (Å²) in [6.45, 7) is 3.61. The van der Waals surface area contributed by atoms with Crippen molar-refractivity contribution in [1.82, 2.24) is 10.2 Å². The zero-order valence-electron chi connectivity index (χ0n) is 15.7. The fourth-order valence-electron chi connectivity index (χ4n) is 3.40. The van der Waals surface area contributed by atoms with Gasteiger partial charge in [0.05, 0.1) is 0 Å². The summed E-state index contributed by atoms with van der Waals surface area (Å²) in [6.07, 6.45) is 3.07. The Morgan fingerprint density at radius 3 is 2.44 bits per heavy atom. The van der Waals surface area contributed by atoms with Gasteiger partial charge in [-0.1, -0.05) is 12.1 Å². The molecule has 8 heteroatoms. The van der Waals surface area contributed by atoms with Crippen LogP contribution < -0.4 is 10.2 Å². The topological polar surface area (TPSA) is 90.0 Å². The van der Waals surface area contributed by atoms with E-state index in [1.165, 1.54) is 22.7 Å². The van der Waals surface area contributed by atoms with Crippen LogP contribution in [0, 0.1) is 0 Å². The van der Waals surface area contributed by atoms with Crippen LogP contribution in [-0.4, -0.2) is 64.1 Å². The molecule has 0 saturated carbocycles. The molecule has 3 atom stereocenters. The Balaban J connectivity index is 1.62. The lowest BCUT2D eigenvalue weighted by Crippen LogP contribution is -2.70. The average molecular weight is 389 g/mol. The van der Waals surface area contributed by atoms with Gasteiger partial charge < -0.3 is 20.2 Å². The maximum Gasteiger partial charge on any atom is 0.327 e. The summed E-state index contributed by atoms with van der Waals surface area (Å²) >= 11 is 1.41. The highest BCUT2D eigenvalue weighted by Crippen LogP contribution is 2.50. The van der Waals surface area contributed by atoms with Crippen LogP contribution in [0.2, 0.25) is 0 Å². The molecule has 0 spiro atoms. The summed E-state index contributed by atoms with van der Waals surface area (Å²) < 4.78 is -0.602. The number of nitrogens with zero attached hydrogens (tertiary/aromatic N) is 2. The minimum atomic E-state index is -1.02. The van der Waals surface area contributed by atoms with E-state index in [4.69, 9.17) is 0 Å². The van der Waals surface area contributed by atoms with Crippen molar-refractivity contribution in [3.05, 3.63) is 35.9 Å². The van der Waals surface area contributed by atoms with Gasteiger partial charge in [0.2, 0.25) is 11.8 Å². The molecule has 7 nitrogen and oxygen atoms in total. The summed E-state index contributed by atoms with van der Waals surface area (Å²) in [5.74, 6) is -1.74. The van der Waals surface area contributed by atoms with E-state index in [9.17, 15) is 19.5 Å². The zero-order valence-corrected chi connectivity index (χ0v) is 16.5. The van der Waals surface area contributed by atoms with E-state index in [1.807, 2.05) is 43.3 Å². The third-order valence-corrected chi connectivity index (χ3v) is 6.38. The van der Waals surface area contributed by atoms with E-state index in [-0.39, 0.29) is 17.2 Å². The molecule has 2 amide bonds. The number of hydrogen-bond acceptors (Lipinski definition) is 5. The molecule has 1 aromatic rings. The number of carbonyl (C=O) groups excluding carboxylic acids is 2. The van der Waals surface area contributed by atoms with E-state index < -0.39 is 22.8 Å². The number of nitrogens with one attached hydrogen (secondary N) is 1. The Morgan fingerprint density at radius 1 is 1.26 bits per heavy atom. The SMILES string of the molecule is CN(C)c1ccc(/C=C\C(=O)N[C@@H]2C(=O)N3[C@H]2SC(C)(C)[C@H]3C(=O)O)cc1. The molecule has 0 bridgehead atoms. The molecule has 2 fully saturated rings. The Kier molecular flexibility index (Phi) is 4.94. The minimum absolute atomic E-state index is 0.342. The Hall–Kier alpha value is -2.48. The van der Waals surface area contributed by atoms with Crippen LogP contribution in [0.5, 0.6) is 0 Å². The van der Waals surface area contributed by atoms with Crippen molar-refractivity contribution < 1.29 is 19.5 Å². The van der Waals surface area contributed by atoms with Crippen LogP contribution in [0.15, 0.2) is 30.3 Å². The molecule has 0 aromatic heterocycles. The van der Waals surface area contributed by atoms with Crippen molar-refractivity contribution in [1.29, 1.82) is 0 Å². The van der Waals surface area contributed by atoms with Crippen molar-refractivity contribution >= 4 is 41.3 Å². The Bertz CT molecular complexity index is 804. The Morgan fingerprint density at radius 2 is 1.89 bits per heavy atom. The van der Waals surface area contributed by atoms with Crippen LogP contribution >= 0.6 is 11.8 Å². The lowest BCUT2D eigenvalue weighted by atomic mass is 9.96. The molecule has 2 aliphatic heterocycles. The first-order valence-corrected chi connectivity index (χ1v) is 9.48. The summed E-state index contributed by atoms with van der Waals surface area (Å²) in [5.41, 5.74) is 1.94. The average Bonchev–Trinajstić information content (AvgIpc) is 2.86. The van der Waals surface area contributed by atoms with Gasteiger partial charge in [0, 0.05) is 30.6 Å². The van der Waals surface area contributed by atoms with Gasteiger partial charge in [0.1, 0.15) is 17.5 Å². The minimum Gasteiger partial charge on any atom is -0.480 e. The van der Waals surface area contributed by atoms with E-state index >= 15 is 0 Å². The second-order valence-electron chi connectivity index (χ2n) is 7.40. The van der Waals surface area contributed by atoms with Gasteiger partial charge >= 0.3 is 5.97 Å². The summed E-state index contributed by atoms with van der Waals surface area (Å²) in [5, 5.41) is 11.8. The van der Waals surface area contributed by atoms with Gasteiger partial charge in [-0.05, 0) is 37.6 Å². The number of carboxylic acid groups (broad SMARTS) is 1. The van der Waals surface area contributed by atoms with E-state index in [0.29, 0.717) is 0 Å². The molecule has 0 unspecified atom stereocenters. The molecule has 0 radical (unpaired) electrons. The highest BCUT2D eigenvalue weighted by Gasteiger charge is 2.64. The van der Waals surface area contributed by atoms with Crippen molar-refractivity contribution in [2.75, 3.05) is 19.0 Å². The van der Waals surface area contributed by atoms with Crippen molar-refractivity contribution in [3.8, 4) is 0 Å². The van der Waals surface area contributed by atoms with Crippen LogP contribution in [0.4, 0.5) is 5.69 Å². The number of benzene rings is 1. The molecule has 144 valence electrons. The maximum atomic E-state index is 12.4. The molecule has 2 saturated heterocycles. The van der Waals surface area contributed by atoms with Crippen LogP contribution in [0.25, 0.3) is 6.08 Å². The van der Waals surface area contributed by atoms with Gasteiger partial charge in [-0.3, -0.25) is 9.59 Å². The Labute approximate surface area is 162 Å². The lowest BCUT2D eigenvalue weighted by molar-refractivity contribution is -0.160. The number of aliphatic carboxylic acids is 1. The fourth-order valence-corrected chi connectivity index (χ4v) is 5.03. The summed E-state index contributed by atoms with van der Waals surface area (Å²) in [7, 11) is 3.91. The summed E-state index contributed by atoms with van der Waals surface area (Å²) in [6, 6.07) is 6.15. The number of β-lactam (4-membered cyclic amide) rings is 1. The number of amides is 2. The predicted octanol–water partition coefficient (Wildman–Crippen LogP) is 1.40. The lowest BCUT2D eigenvalue weighted by Gasteiger charge is -2.43. The van der Waals surface area contributed by atoms with Crippen LogP contribution in [0.3, 0.4) is 0 Å². The van der Waals surface area contributed by atoms with Gasteiger partial charge in [0.15, 0.2) is 0 Å². The first-order valence-electron chi connectivity index (χ1n) is 8.60. The van der Waals surface area contributed by atoms with Crippen molar-refractivity contribution in [2.45, 2.75) is 36.1 Å². The normalized spacial score (nSPS) is 25.9. The zero-order chi connectivity index (χ0) is 19.9. The van der Waals surface area contributed by atoms with Crippen molar-refractivity contribution in [2.24, 2.45) is 0 Å². The van der Waals surface area contributed by atoms with Crippen LogP contribution in [-0.2, 0) is 14.4 Å². The highest BCUT2D eigenvalue weighted by molar-refractivity contribution is 8.01. The first-order chi connectivity index (χ1) is 12.6. The smallest absolute Gasteiger partial charge is 0.327 e. The largest absolute Gasteiger partial charge is 0.480 e. The van der Waals surface area contributed by atoms with E-state index in [2.05, 4.69) is 5.32 Å². The van der Waals surface area contributed by atoms with Gasteiger partial charge in [-0.15, -0.1) is 11.8 Å². The number of anilines is 1. The maximum absolute atomic E-state index is 12.4. The van der Waals surface area contributed by atoms with Gasteiger partial charge in [-0.25, -0.2) is 4.79 Å². The number of carbonyl (C=O) groups is 3. The number of fused-ring (bicyclic) bond motifs is 1. The van der Waals surface area contributed by atoms with E-state index in [0.717, 1.165) is 11.3 Å². The third kappa shape index (κ3) is 3.53. The second kappa shape index (κ2) is 6.92. The monoisotopic (exact) mass is 389 g/mol. The number of thioether (sulfide) groups is 1. The quantitative estimate of drug-likeness (QED) is 0.584. The fraction of sp³-hybridized carbons (Fsp3) is 0.421. The number of rotatable bonds is 5. The molecule has 2 heterocycles. The number of hydrogen-bond donors (Lipinski definition) is 2. The first kappa shape index (κ1) is 19.3. The molecule has 0 aliphatic carbocycles. The number of carboxylic acids is 1. The standard InChI is InChI=1S/C19H23N3O4S/c1-19(2)15(18(25)26)22-16(24)14(17(22)27-19)20-13(23)10-7-11-5-8-12(9-6-11)21(3)4/h5-10,14-15,17H,1-4H3,(H,20,23)(H,25,26)/b10-7-/t14-,15-,17+/m1/s1. The molecule has 2 aliphatic rings. The molecule has 2 N–H and O–H groups in total. The molecule has 1 aromatic carbocycles. The van der Waals surface area contributed by atoms with Gasteiger partial charge in [0.25, 0.3) is 0 Å². The molecular weight excluding hydrogens is 366 g/mol. The van der Waals surface area contributed by atoms with E-state index in [1.54, 1.807) is 19.9 Å². The summed E-state index contributed by atoms with van der Waals surface area (Å²) in [4.78, 5) is 39.4. The molecular formula is C19H23N3O4S. The molecule has 3 rings (SSSR count). The van der Waals surface area contributed by atoms with Crippen LogP contribution in [0.1, 0.15) is 19.4 Å². The molecule has 27 heavy (non-hydrogen) atoms. The third-order valence-electron chi connectivity index (χ3n) is 4.81. The highest BCUT2D eigenvalue weighted by atomic mass is 32.2. The predicted molar refractivity (Wildman–Crippen MR) is 105 cm³/mol. The second-order valence-corrected chi connectivity index (χ2v) is 9.17. The van der Waals surface area contributed by atoms with Gasteiger partial charge in [-0.2, -0.15) is 0 Å². The van der Waals surface area contributed by atoms with Crippen molar-refractivity contribution in [3.63, 3.8) is 0 Å².